The lowest BCUT2D eigenvalue weighted by Crippen LogP contribution is -2.23. The Balaban J connectivity index is 3.20. The fourth-order valence-electron chi connectivity index (χ4n) is 1.58. The van der Waals surface area contributed by atoms with Crippen LogP contribution in [0.2, 0.25) is 5.02 Å². The minimum absolute atomic E-state index is 0.125. The maximum Gasteiger partial charge on any atom is 0.152 e. The first-order valence-electron chi connectivity index (χ1n) is 5.07. The van der Waals surface area contributed by atoms with Crippen LogP contribution in [0, 0.1) is 5.82 Å². The van der Waals surface area contributed by atoms with Crippen molar-refractivity contribution in [3.8, 4) is 0 Å². The average molecular weight is 231 g/mol. The molecule has 1 aromatic rings. The average Bonchev–Trinajstić information content (AvgIpc) is 2.23. The highest BCUT2D eigenvalue weighted by Gasteiger charge is 2.14. The zero-order valence-corrected chi connectivity index (χ0v) is 9.81. The van der Waals surface area contributed by atoms with Crippen LogP contribution in [0.1, 0.15) is 19.4 Å². The normalized spacial score (nSPS) is 10.5. The Bertz CT molecular complexity index is 338. The van der Waals surface area contributed by atoms with Crippen LogP contribution in [0.25, 0.3) is 0 Å². The first kappa shape index (κ1) is 12.3. The topological polar surface area (TPSA) is 29.3 Å². The van der Waals surface area contributed by atoms with Crippen molar-refractivity contribution in [3.05, 3.63) is 28.5 Å². The lowest BCUT2D eigenvalue weighted by atomic mass is 10.1. The number of nitrogens with zero attached hydrogens (tertiary/aromatic N) is 1. The van der Waals surface area contributed by atoms with E-state index in [1.54, 1.807) is 12.1 Å². The summed E-state index contributed by atoms with van der Waals surface area (Å²) in [5.41, 5.74) is 6.42. The second kappa shape index (κ2) is 5.33. The minimum atomic E-state index is -0.297. The number of nitrogens with two attached hydrogens (primary N) is 1. The van der Waals surface area contributed by atoms with Gasteiger partial charge in [-0.1, -0.05) is 11.6 Å². The van der Waals surface area contributed by atoms with Gasteiger partial charge in [-0.25, -0.2) is 4.39 Å². The van der Waals surface area contributed by atoms with Gasteiger partial charge in [-0.05, 0) is 26.0 Å². The Hall–Kier alpha value is -0.800. The van der Waals surface area contributed by atoms with Crippen LogP contribution in [0.15, 0.2) is 12.1 Å². The fraction of sp³-hybridized carbons (Fsp3) is 0.455. The summed E-state index contributed by atoms with van der Waals surface area (Å²) in [6, 6.07) is 3.39. The quantitative estimate of drug-likeness (QED) is 0.862. The molecule has 0 aliphatic heterocycles. The smallest absolute Gasteiger partial charge is 0.152 e. The summed E-state index contributed by atoms with van der Waals surface area (Å²) in [5, 5.41) is 0.394. The van der Waals surface area contributed by atoms with Crippen LogP contribution >= 0.6 is 11.6 Å². The summed E-state index contributed by atoms with van der Waals surface area (Å²) in [7, 11) is 0. The van der Waals surface area contributed by atoms with Gasteiger partial charge in [0.05, 0.1) is 5.69 Å². The van der Waals surface area contributed by atoms with E-state index in [2.05, 4.69) is 0 Å². The van der Waals surface area contributed by atoms with Gasteiger partial charge in [0.2, 0.25) is 0 Å². The highest BCUT2D eigenvalue weighted by atomic mass is 35.5. The molecular weight excluding hydrogens is 215 g/mol. The molecular formula is C11H16ClFN2. The van der Waals surface area contributed by atoms with Gasteiger partial charge in [0.25, 0.3) is 0 Å². The molecule has 0 amide bonds. The molecule has 1 rings (SSSR count). The second-order valence-electron chi connectivity index (χ2n) is 3.24. The van der Waals surface area contributed by atoms with Crippen molar-refractivity contribution < 1.29 is 4.39 Å². The fourth-order valence-corrected chi connectivity index (χ4v) is 1.80. The van der Waals surface area contributed by atoms with E-state index in [0.29, 0.717) is 16.3 Å². The summed E-state index contributed by atoms with van der Waals surface area (Å²) in [6.07, 6.45) is 0. The van der Waals surface area contributed by atoms with Crippen molar-refractivity contribution in [2.45, 2.75) is 20.4 Å². The van der Waals surface area contributed by atoms with Gasteiger partial charge in [0.15, 0.2) is 5.82 Å². The number of benzene rings is 1. The number of hydrogen-bond acceptors (Lipinski definition) is 2. The summed E-state index contributed by atoms with van der Waals surface area (Å²) < 4.78 is 14.0. The number of hydrogen-bond donors (Lipinski definition) is 1. The predicted molar refractivity (Wildman–Crippen MR) is 62.9 cm³/mol. The number of anilines is 1. The molecule has 0 spiro atoms. The Labute approximate surface area is 94.8 Å². The molecule has 2 N–H and O–H groups in total. The lowest BCUT2D eigenvalue weighted by molar-refractivity contribution is 0.604. The van der Waals surface area contributed by atoms with Gasteiger partial charge in [-0.15, -0.1) is 0 Å². The van der Waals surface area contributed by atoms with Gasteiger partial charge in [-0.3, -0.25) is 0 Å². The molecule has 84 valence electrons. The van der Waals surface area contributed by atoms with E-state index < -0.39 is 0 Å². The molecule has 0 saturated carbocycles. The predicted octanol–water partition coefficient (Wildman–Crippen LogP) is 2.78. The molecule has 0 saturated heterocycles. The molecule has 0 fully saturated rings. The van der Waals surface area contributed by atoms with Crippen molar-refractivity contribution in [1.82, 2.24) is 0 Å². The van der Waals surface area contributed by atoms with E-state index in [1.165, 1.54) is 0 Å². The molecule has 2 nitrogen and oxygen atoms in total. The molecule has 4 heteroatoms. The van der Waals surface area contributed by atoms with Crippen LogP contribution in [-0.4, -0.2) is 13.1 Å². The third-order valence-electron chi connectivity index (χ3n) is 2.47. The third kappa shape index (κ3) is 2.41. The van der Waals surface area contributed by atoms with Gasteiger partial charge in [-0.2, -0.15) is 0 Å². The van der Waals surface area contributed by atoms with Gasteiger partial charge in [0.1, 0.15) is 0 Å². The van der Waals surface area contributed by atoms with E-state index in [0.717, 1.165) is 13.1 Å². The molecule has 0 aromatic heterocycles. The van der Waals surface area contributed by atoms with Crippen molar-refractivity contribution in [2.75, 3.05) is 18.0 Å². The van der Waals surface area contributed by atoms with Crippen molar-refractivity contribution in [3.63, 3.8) is 0 Å². The van der Waals surface area contributed by atoms with Crippen LogP contribution in [0.5, 0.6) is 0 Å². The highest BCUT2D eigenvalue weighted by Crippen LogP contribution is 2.27. The highest BCUT2D eigenvalue weighted by molar-refractivity contribution is 6.31. The molecule has 0 atom stereocenters. The molecule has 0 radical (unpaired) electrons. The first-order chi connectivity index (χ1) is 7.15. The molecule has 15 heavy (non-hydrogen) atoms. The van der Waals surface area contributed by atoms with Crippen molar-refractivity contribution in [1.29, 1.82) is 0 Å². The Morgan fingerprint density at radius 2 is 1.93 bits per heavy atom. The molecule has 0 unspecified atom stereocenters. The van der Waals surface area contributed by atoms with E-state index >= 15 is 0 Å². The molecule has 0 aliphatic carbocycles. The lowest BCUT2D eigenvalue weighted by Gasteiger charge is -2.22. The van der Waals surface area contributed by atoms with Gasteiger partial charge >= 0.3 is 0 Å². The molecule has 0 bridgehead atoms. The maximum absolute atomic E-state index is 14.0. The van der Waals surface area contributed by atoms with Gasteiger partial charge < -0.3 is 10.6 Å². The zero-order valence-electron chi connectivity index (χ0n) is 9.06. The third-order valence-corrected chi connectivity index (χ3v) is 2.83. The Kier molecular flexibility index (Phi) is 4.36. The Morgan fingerprint density at radius 1 is 1.33 bits per heavy atom. The van der Waals surface area contributed by atoms with Crippen molar-refractivity contribution >= 4 is 17.3 Å². The summed E-state index contributed by atoms with van der Waals surface area (Å²) in [4.78, 5) is 1.94. The maximum atomic E-state index is 14.0. The van der Waals surface area contributed by atoms with Crippen molar-refractivity contribution in [2.24, 2.45) is 5.73 Å². The van der Waals surface area contributed by atoms with Crippen LogP contribution < -0.4 is 10.6 Å². The van der Waals surface area contributed by atoms with Crippen LogP contribution in [0.3, 0.4) is 0 Å². The molecule has 1 aromatic carbocycles. The number of halogens is 2. The van der Waals surface area contributed by atoms with Gasteiger partial charge in [0, 0.05) is 30.2 Å². The largest absolute Gasteiger partial charge is 0.370 e. The Morgan fingerprint density at radius 3 is 2.40 bits per heavy atom. The summed E-state index contributed by atoms with van der Waals surface area (Å²) >= 11 is 5.85. The summed E-state index contributed by atoms with van der Waals surface area (Å²) in [6.45, 7) is 5.62. The standard InChI is InChI=1S/C11H16ClFN2/c1-3-15(4-2)10-6-5-9(12)8(7-14)11(10)13/h5-6H,3-4,7,14H2,1-2H3. The SMILES string of the molecule is CCN(CC)c1ccc(Cl)c(CN)c1F. The monoisotopic (exact) mass is 230 g/mol. The minimum Gasteiger partial charge on any atom is -0.370 e. The van der Waals surface area contributed by atoms with E-state index in [-0.39, 0.29) is 12.4 Å². The van der Waals surface area contributed by atoms with E-state index in [4.69, 9.17) is 17.3 Å². The van der Waals surface area contributed by atoms with Crippen LogP contribution in [0.4, 0.5) is 10.1 Å². The van der Waals surface area contributed by atoms with Crippen LogP contribution in [-0.2, 0) is 6.54 Å². The zero-order chi connectivity index (χ0) is 11.4. The first-order valence-corrected chi connectivity index (χ1v) is 5.45. The molecule has 0 heterocycles. The van der Waals surface area contributed by atoms with E-state index in [1.807, 2.05) is 18.7 Å². The summed E-state index contributed by atoms with van der Waals surface area (Å²) in [5.74, 6) is -0.297. The second-order valence-corrected chi connectivity index (χ2v) is 3.64. The number of rotatable bonds is 4. The van der Waals surface area contributed by atoms with E-state index in [9.17, 15) is 4.39 Å². The molecule has 0 aliphatic rings.